The highest BCUT2D eigenvalue weighted by atomic mass is 16.5. The summed E-state index contributed by atoms with van der Waals surface area (Å²) in [6.45, 7) is 1.99. The first-order chi connectivity index (χ1) is 5.72. The van der Waals surface area contributed by atoms with Gasteiger partial charge < -0.3 is 15.4 Å². The molecule has 68 valence electrons. The smallest absolute Gasteiger partial charge is 0.314 e. The molecule has 0 radical (unpaired) electrons. The summed E-state index contributed by atoms with van der Waals surface area (Å²) in [7, 11) is 0. The molecule has 4 nitrogen and oxygen atoms in total. The van der Waals surface area contributed by atoms with Crippen LogP contribution in [0.2, 0.25) is 0 Å². The van der Waals surface area contributed by atoms with Gasteiger partial charge >= 0.3 is 6.03 Å². The lowest BCUT2D eigenvalue weighted by atomic mass is 9.79. The van der Waals surface area contributed by atoms with Gasteiger partial charge in [-0.05, 0) is 19.3 Å². The van der Waals surface area contributed by atoms with Gasteiger partial charge in [-0.1, -0.05) is 0 Å². The molecule has 2 rings (SSSR count). The SMILES string of the molecule is NC(=O)N1CCOC2(CCC2)C1. The summed E-state index contributed by atoms with van der Waals surface area (Å²) in [5.74, 6) is 0. The highest BCUT2D eigenvalue weighted by molar-refractivity contribution is 5.72. The number of hydrogen-bond acceptors (Lipinski definition) is 2. The van der Waals surface area contributed by atoms with Crippen molar-refractivity contribution in [1.29, 1.82) is 0 Å². The van der Waals surface area contributed by atoms with Crippen molar-refractivity contribution in [3.05, 3.63) is 0 Å². The van der Waals surface area contributed by atoms with E-state index < -0.39 is 0 Å². The van der Waals surface area contributed by atoms with Crippen molar-refractivity contribution in [2.75, 3.05) is 19.7 Å². The highest BCUT2D eigenvalue weighted by Crippen LogP contribution is 2.37. The van der Waals surface area contributed by atoms with Crippen molar-refractivity contribution in [2.45, 2.75) is 24.9 Å². The summed E-state index contributed by atoms with van der Waals surface area (Å²) in [6, 6.07) is -0.315. The Labute approximate surface area is 71.7 Å². The van der Waals surface area contributed by atoms with Gasteiger partial charge in [-0.25, -0.2) is 4.79 Å². The third kappa shape index (κ3) is 1.16. The Morgan fingerprint density at radius 3 is 2.75 bits per heavy atom. The summed E-state index contributed by atoms with van der Waals surface area (Å²) < 4.78 is 5.63. The molecular weight excluding hydrogens is 156 g/mol. The normalized spacial score (nSPS) is 26.8. The van der Waals surface area contributed by atoms with Crippen LogP contribution in [0.3, 0.4) is 0 Å². The van der Waals surface area contributed by atoms with Crippen molar-refractivity contribution in [2.24, 2.45) is 5.73 Å². The minimum Gasteiger partial charge on any atom is -0.371 e. The largest absolute Gasteiger partial charge is 0.371 e. The topological polar surface area (TPSA) is 55.6 Å². The van der Waals surface area contributed by atoms with Crippen LogP contribution in [0.5, 0.6) is 0 Å². The Morgan fingerprint density at radius 2 is 2.25 bits per heavy atom. The van der Waals surface area contributed by atoms with E-state index in [1.807, 2.05) is 0 Å². The van der Waals surface area contributed by atoms with Gasteiger partial charge in [0.2, 0.25) is 0 Å². The van der Waals surface area contributed by atoms with Crippen LogP contribution in [0, 0.1) is 0 Å². The fourth-order valence-corrected chi connectivity index (χ4v) is 1.91. The summed E-state index contributed by atoms with van der Waals surface area (Å²) in [6.07, 6.45) is 3.38. The Kier molecular flexibility index (Phi) is 1.72. The lowest BCUT2D eigenvalue weighted by molar-refractivity contribution is -0.140. The predicted octanol–water partition coefficient (Wildman–Crippen LogP) is 0.320. The van der Waals surface area contributed by atoms with Gasteiger partial charge in [0.25, 0.3) is 0 Å². The number of hydrogen-bond donors (Lipinski definition) is 1. The molecule has 2 amide bonds. The second-order valence-electron chi connectivity index (χ2n) is 3.64. The van der Waals surface area contributed by atoms with E-state index in [1.165, 1.54) is 6.42 Å². The third-order valence-electron chi connectivity index (χ3n) is 2.82. The molecule has 0 aromatic carbocycles. The second-order valence-corrected chi connectivity index (χ2v) is 3.64. The number of ether oxygens (including phenoxy) is 1. The minimum absolute atomic E-state index is 0.0206. The average Bonchev–Trinajstić information content (AvgIpc) is 2.02. The molecule has 0 unspecified atom stereocenters. The van der Waals surface area contributed by atoms with Crippen LogP contribution in [0.1, 0.15) is 19.3 Å². The lowest BCUT2D eigenvalue weighted by Crippen LogP contribution is -2.58. The molecule has 1 saturated carbocycles. The molecule has 1 saturated heterocycles. The van der Waals surface area contributed by atoms with E-state index in [4.69, 9.17) is 10.5 Å². The number of nitrogens with zero attached hydrogens (tertiary/aromatic N) is 1. The number of carbonyl (C=O) groups excluding carboxylic acids is 1. The van der Waals surface area contributed by atoms with Crippen LogP contribution >= 0.6 is 0 Å². The first kappa shape index (κ1) is 7.86. The maximum atomic E-state index is 10.9. The lowest BCUT2D eigenvalue weighted by Gasteiger charge is -2.47. The van der Waals surface area contributed by atoms with Gasteiger partial charge in [0, 0.05) is 6.54 Å². The predicted molar refractivity (Wildman–Crippen MR) is 43.7 cm³/mol. The van der Waals surface area contributed by atoms with Gasteiger partial charge in [-0.3, -0.25) is 0 Å². The van der Waals surface area contributed by atoms with E-state index in [1.54, 1.807) is 4.90 Å². The quantitative estimate of drug-likeness (QED) is 0.569. The van der Waals surface area contributed by atoms with Crippen LogP contribution in [-0.4, -0.2) is 36.2 Å². The molecule has 0 bridgehead atoms. The standard InChI is InChI=1S/C8H14N2O2/c9-7(11)10-4-5-12-8(6-10)2-1-3-8/h1-6H2,(H2,9,11). The molecule has 12 heavy (non-hydrogen) atoms. The molecule has 1 heterocycles. The summed E-state index contributed by atoms with van der Waals surface area (Å²) in [5, 5.41) is 0. The Bertz CT molecular complexity index is 201. The Morgan fingerprint density at radius 1 is 1.50 bits per heavy atom. The molecule has 1 spiro atoms. The van der Waals surface area contributed by atoms with Gasteiger partial charge in [0.15, 0.2) is 0 Å². The first-order valence-electron chi connectivity index (χ1n) is 4.40. The highest BCUT2D eigenvalue weighted by Gasteiger charge is 2.42. The Hall–Kier alpha value is -0.770. The molecule has 2 fully saturated rings. The maximum absolute atomic E-state index is 10.9. The van der Waals surface area contributed by atoms with Gasteiger partial charge in [-0.2, -0.15) is 0 Å². The number of carbonyl (C=O) groups is 1. The van der Waals surface area contributed by atoms with E-state index in [9.17, 15) is 4.79 Å². The van der Waals surface area contributed by atoms with Gasteiger partial charge in [-0.15, -0.1) is 0 Å². The molecule has 4 heteroatoms. The van der Waals surface area contributed by atoms with Crippen molar-refractivity contribution >= 4 is 6.03 Å². The number of morpholine rings is 1. The second kappa shape index (κ2) is 2.62. The minimum atomic E-state index is -0.315. The molecule has 2 aliphatic rings. The monoisotopic (exact) mass is 170 g/mol. The number of nitrogens with two attached hydrogens (primary N) is 1. The van der Waals surface area contributed by atoms with Crippen molar-refractivity contribution < 1.29 is 9.53 Å². The summed E-state index contributed by atoms with van der Waals surface area (Å²) in [4.78, 5) is 12.6. The number of primary amides is 1. The molecule has 0 aromatic heterocycles. The number of rotatable bonds is 0. The van der Waals surface area contributed by atoms with Crippen LogP contribution in [0.15, 0.2) is 0 Å². The maximum Gasteiger partial charge on any atom is 0.314 e. The average molecular weight is 170 g/mol. The van der Waals surface area contributed by atoms with Crippen molar-refractivity contribution in [3.8, 4) is 0 Å². The third-order valence-corrected chi connectivity index (χ3v) is 2.82. The van der Waals surface area contributed by atoms with Crippen LogP contribution in [0.4, 0.5) is 4.79 Å². The molecular formula is C8H14N2O2. The van der Waals surface area contributed by atoms with Crippen LogP contribution in [-0.2, 0) is 4.74 Å². The summed E-state index contributed by atoms with van der Waals surface area (Å²) >= 11 is 0. The fraction of sp³-hybridized carbons (Fsp3) is 0.875. The van der Waals surface area contributed by atoms with Gasteiger partial charge in [0.05, 0.1) is 18.8 Å². The number of amides is 2. The number of urea groups is 1. The van der Waals surface area contributed by atoms with Gasteiger partial charge in [0.1, 0.15) is 0 Å². The van der Waals surface area contributed by atoms with Crippen LogP contribution in [0.25, 0.3) is 0 Å². The molecule has 0 aromatic rings. The van der Waals surface area contributed by atoms with E-state index in [0.29, 0.717) is 19.7 Å². The molecule has 1 aliphatic carbocycles. The molecule has 2 N–H and O–H groups in total. The van der Waals surface area contributed by atoms with Crippen molar-refractivity contribution in [3.63, 3.8) is 0 Å². The van der Waals surface area contributed by atoms with E-state index >= 15 is 0 Å². The van der Waals surface area contributed by atoms with E-state index in [2.05, 4.69) is 0 Å². The summed E-state index contributed by atoms with van der Waals surface area (Å²) in [5.41, 5.74) is 5.18. The van der Waals surface area contributed by atoms with Crippen molar-refractivity contribution in [1.82, 2.24) is 4.90 Å². The zero-order valence-corrected chi connectivity index (χ0v) is 7.08. The van der Waals surface area contributed by atoms with Crippen LogP contribution < -0.4 is 5.73 Å². The zero-order valence-electron chi connectivity index (χ0n) is 7.08. The Balaban J connectivity index is 1.98. The molecule has 1 aliphatic heterocycles. The van der Waals surface area contributed by atoms with E-state index in [-0.39, 0.29) is 11.6 Å². The van der Waals surface area contributed by atoms with E-state index in [0.717, 1.165) is 12.8 Å². The zero-order chi connectivity index (χ0) is 8.60. The fourth-order valence-electron chi connectivity index (χ4n) is 1.91. The molecule has 0 atom stereocenters. The first-order valence-corrected chi connectivity index (χ1v) is 4.40.